The zero-order valence-electron chi connectivity index (χ0n) is 14.8. The summed E-state index contributed by atoms with van der Waals surface area (Å²) in [5.41, 5.74) is 0.995. The van der Waals surface area contributed by atoms with Crippen LogP contribution in [0.1, 0.15) is 18.4 Å². The number of aromatic nitrogens is 1. The van der Waals surface area contributed by atoms with E-state index in [4.69, 9.17) is 27.9 Å². The van der Waals surface area contributed by atoms with Crippen LogP contribution in [0.3, 0.4) is 0 Å². The fourth-order valence-corrected chi connectivity index (χ4v) is 4.05. The van der Waals surface area contributed by atoms with E-state index in [-0.39, 0.29) is 11.7 Å². The summed E-state index contributed by atoms with van der Waals surface area (Å²) in [5.74, 6) is 0.796. The van der Waals surface area contributed by atoms with E-state index in [0.29, 0.717) is 15.4 Å². The van der Waals surface area contributed by atoms with Crippen LogP contribution in [-0.4, -0.2) is 29.1 Å². The van der Waals surface area contributed by atoms with Crippen LogP contribution in [0.4, 0.5) is 0 Å². The van der Waals surface area contributed by atoms with E-state index >= 15 is 0 Å². The number of H-pyrrole nitrogens is 1. The molecule has 2 heterocycles. The number of hydrogen-bond acceptors (Lipinski definition) is 3. The Bertz CT molecular complexity index is 1020. The molecule has 0 radical (unpaired) electrons. The van der Waals surface area contributed by atoms with Crippen LogP contribution < -0.4 is 10.3 Å². The number of likely N-dealkylation sites (tertiary alicyclic amines) is 1. The second kappa shape index (κ2) is 7.93. The van der Waals surface area contributed by atoms with Crippen molar-refractivity contribution in [2.75, 3.05) is 13.1 Å². The van der Waals surface area contributed by atoms with E-state index in [1.165, 1.54) is 0 Å². The first kappa shape index (κ1) is 18.4. The summed E-state index contributed by atoms with van der Waals surface area (Å²) in [6.07, 6.45) is 3.86. The number of ether oxygens (including phenoxy) is 1. The van der Waals surface area contributed by atoms with Crippen molar-refractivity contribution in [1.82, 2.24) is 9.88 Å². The molecule has 1 aliphatic rings. The van der Waals surface area contributed by atoms with Crippen molar-refractivity contribution >= 4 is 34.0 Å². The molecule has 1 N–H and O–H groups in total. The highest BCUT2D eigenvalue weighted by Crippen LogP contribution is 2.25. The number of hydrogen-bond donors (Lipinski definition) is 1. The normalized spacial score (nSPS) is 17.9. The van der Waals surface area contributed by atoms with Gasteiger partial charge in [0, 0.05) is 34.7 Å². The van der Waals surface area contributed by atoms with Gasteiger partial charge in [-0.15, -0.1) is 0 Å². The smallest absolute Gasteiger partial charge is 0.255 e. The lowest BCUT2D eigenvalue weighted by Gasteiger charge is -2.33. The van der Waals surface area contributed by atoms with E-state index in [2.05, 4.69) is 9.88 Å². The first-order valence-corrected chi connectivity index (χ1v) is 9.78. The predicted octanol–water partition coefficient (Wildman–Crippen LogP) is 4.88. The van der Waals surface area contributed by atoms with Gasteiger partial charge in [0.15, 0.2) is 0 Å². The van der Waals surface area contributed by atoms with Gasteiger partial charge in [-0.25, -0.2) is 0 Å². The number of piperidine rings is 1. The van der Waals surface area contributed by atoms with Gasteiger partial charge >= 0.3 is 0 Å². The number of rotatable bonds is 4. The third-order valence-electron chi connectivity index (χ3n) is 4.92. The maximum Gasteiger partial charge on any atom is 0.255 e. The Morgan fingerprint density at radius 1 is 1.15 bits per heavy atom. The molecular weight excluding hydrogens is 383 g/mol. The minimum absolute atomic E-state index is 0.0808. The molecule has 140 valence electrons. The zero-order valence-corrected chi connectivity index (χ0v) is 16.3. The minimum Gasteiger partial charge on any atom is -0.489 e. The summed E-state index contributed by atoms with van der Waals surface area (Å²) in [7, 11) is 0. The third kappa shape index (κ3) is 4.29. The van der Waals surface area contributed by atoms with Gasteiger partial charge in [0.25, 0.3) is 5.56 Å². The molecule has 0 bridgehead atoms. The van der Waals surface area contributed by atoms with Crippen LogP contribution in [-0.2, 0) is 6.54 Å². The average molecular weight is 403 g/mol. The zero-order chi connectivity index (χ0) is 18.8. The van der Waals surface area contributed by atoms with Gasteiger partial charge < -0.3 is 9.72 Å². The third-order valence-corrected chi connectivity index (χ3v) is 5.51. The van der Waals surface area contributed by atoms with Gasteiger partial charge in [0.1, 0.15) is 11.9 Å². The Morgan fingerprint density at radius 3 is 2.89 bits per heavy atom. The maximum absolute atomic E-state index is 11.8. The Morgan fingerprint density at radius 2 is 2.04 bits per heavy atom. The first-order chi connectivity index (χ1) is 13.1. The summed E-state index contributed by atoms with van der Waals surface area (Å²) >= 11 is 12.3. The van der Waals surface area contributed by atoms with Crippen LogP contribution in [0, 0.1) is 0 Å². The molecule has 3 aromatic rings. The summed E-state index contributed by atoms with van der Waals surface area (Å²) in [4.78, 5) is 16.9. The van der Waals surface area contributed by atoms with Crippen LogP contribution in [0.25, 0.3) is 10.8 Å². The summed E-state index contributed by atoms with van der Waals surface area (Å²) in [6.45, 7) is 2.64. The fourth-order valence-electron chi connectivity index (χ4n) is 3.58. The molecule has 0 saturated carbocycles. The summed E-state index contributed by atoms with van der Waals surface area (Å²) < 4.78 is 6.21. The monoisotopic (exact) mass is 402 g/mol. The topological polar surface area (TPSA) is 45.3 Å². The quantitative estimate of drug-likeness (QED) is 0.676. The lowest BCUT2D eigenvalue weighted by molar-refractivity contribution is 0.0844. The Labute approximate surface area is 167 Å². The number of nitrogens with zero attached hydrogens (tertiary/aromatic N) is 1. The van der Waals surface area contributed by atoms with E-state index in [9.17, 15) is 4.79 Å². The van der Waals surface area contributed by atoms with Crippen LogP contribution in [0.5, 0.6) is 5.75 Å². The first-order valence-electron chi connectivity index (χ1n) is 9.03. The molecule has 1 atom stereocenters. The molecule has 1 aromatic heterocycles. The lowest BCUT2D eigenvalue weighted by atomic mass is 10.1. The molecule has 4 rings (SSSR count). The van der Waals surface area contributed by atoms with Crippen LogP contribution in [0.15, 0.2) is 53.5 Å². The molecule has 1 saturated heterocycles. The van der Waals surface area contributed by atoms with Crippen molar-refractivity contribution in [3.63, 3.8) is 0 Å². The number of pyridine rings is 1. The van der Waals surface area contributed by atoms with E-state index in [0.717, 1.165) is 49.2 Å². The molecule has 6 heteroatoms. The van der Waals surface area contributed by atoms with Crippen LogP contribution >= 0.6 is 23.2 Å². The number of aromatic amines is 1. The standard InChI is InChI=1S/C21H20Cl2N2O2/c22-16-4-3-15(20(23)11-16)12-25-9-1-2-18(13-25)27-17-5-6-19-14(10-17)7-8-24-21(19)26/h3-8,10-11,18H,1-2,9,12-13H2,(H,24,26). The average Bonchev–Trinajstić information content (AvgIpc) is 2.65. The largest absolute Gasteiger partial charge is 0.489 e. The van der Waals surface area contributed by atoms with Crippen molar-refractivity contribution in [3.05, 3.63) is 74.6 Å². The number of fused-ring (bicyclic) bond motifs is 1. The van der Waals surface area contributed by atoms with Crippen LogP contribution in [0.2, 0.25) is 10.0 Å². The highest BCUT2D eigenvalue weighted by atomic mass is 35.5. The Hall–Kier alpha value is -2.01. The molecule has 1 aliphatic heterocycles. The number of nitrogens with one attached hydrogen (secondary N) is 1. The molecule has 27 heavy (non-hydrogen) atoms. The van der Waals surface area contributed by atoms with Gasteiger partial charge in [-0.2, -0.15) is 0 Å². The van der Waals surface area contributed by atoms with Gasteiger partial charge in [0.05, 0.1) is 0 Å². The molecule has 0 spiro atoms. The number of benzene rings is 2. The minimum atomic E-state index is -0.0808. The van der Waals surface area contributed by atoms with Crippen molar-refractivity contribution in [3.8, 4) is 5.75 Å². The Kier molecular flexibility index (Phi) is 5.39. The predicted molar refractivity (Wildman–Crippen MR) is 110 cm³/mol. The maximum atomic E-state index is 11.8. The van der Waals surface area contributed by atoms with E-state index in [1.807, 2.05) is 36.4 Å². The fraction of sp³-hybridized carbons (Fsp3) is 0.286. The Balaban J connectivity index is 1.44. The second-order valence-electron chi connectivity index (χ2n) is 6.91. The van der Waals surface area contributed by atoms with Crippen molar-refractivity contribution < 1.29 is 4.74 Å². The lowest BCUT2D eigenvalue weighted by Crippen LogP contribution is -2.40. The van der Waals surface area contributed by atoms with Gasteiger partial charge in [-0.05, 0) is 66.7 Å². The SMILES string of the molecule is O=c1[nH]ccc2cc(OC3CCCN(Cc4ccc(Cl)cc4Cl)C3)ccc12. The van der Waals surface area contributed by atoms with Crippen molar-refractivity contribution in [2.45, 2.75) is 25.5 Å². The molecule has 0 aliphatic carbocycles. The molecule has 1 fully saturated rings. The highest BCUT2D eigenvalue weighted by Gasteiger charge is 2.22. The van der Waals surface area contributed by atoms with E-state index in [1.54, 1.807) is 12.3 Å². The molecular formula is C21H20Cl2N2O2. The van der Waals surface area contributed by atoms with Crippen molar-refractivity contribution in [2.24, 2.45) is 0 Å². The molecule has 4 nitrogen and oxygen atoms in total. The highest BCUT2D eigenvalue weighted by molar-refractivity contribution is 6.35. The molecule has 2 aromatic carbocycles. The van der Waals surface area contributed by atoms with Gasteiger partial charge in [-0.1, -0.05) is 29.3 Å². The second-order valence-corrected chi connectivity index (χ2v) is 7.75. The molecule has 0 amide bonds. The van der Waals surface area contributed by atoms with E-state index < -0.39 is 0 Å². The summed E-state index contributed by atoms with van der Waals surface area (Å²) in [6, 6.07) is 13.1. The summed E-state index contributed by atoms with van der Waals surface area (Å²) in [5, 5.41) is 2.91. The number of halogens is 2. The molecule has 1 unspecified atom stereocenters. The van der Waals surface area contributed by atoms with Gasteiger partial charge in [-0.3, -0.25) is 9.69 Å². The van der Waals surface area contributed by atoms with Crippen molar-refractivity contribution in [1.29, 1.82) is 0 Å². The van der Waals surface area contributed by atoms with Gasteiger partial charge in [0.2, 0.25) is 0 Å².